The lowest BCUT2D eigenvalue weighted by Gasteiger charge is -2.12. The number of benzene rings is 1. The number of Topliss-reactive ketones (excluding diaryl/α,β-unsaturated/α-hetero) is 1. The maximum absolute atomic E-state index is 12.5. The second-order valence-electron chi connectivity index (χ2n) is 6.47. The first-order valence-electron chi connectivity index (χ1n) is 8.41. The fourth-order valence-corrected chi connectivity index (χ4v) is 2.87. The van der Waals surface area contributed by atoms with Crippen LogP contribution < -0.4 is 0 Å². The Labute approximate surface area is 147 Å². The summed E-state index contributed by atoms with van der Waals surface area (Å²) in [7, 11) is 1.95. The molecule has 0 spiro atoms. The summed E-state index contributed by atoms with van der Waals surface area (Å²) in [6, 6.07) is 13.7. The topological polar surface area (TPSA) is 60.7 Å². The van der Waals surface area contributed by atoms with Gasteiger partial charge in [-0.25, -0.2) is 0 Å². The van der Waals surface area contributed by atoms with E-state index in [1.165, 1.54) is 5.56 Å². The van der Waals surface area contributed by atoms with Gasteiger partial charge < -0.3 is 4.57 Å². The van der Waals surface area contributed by atoms with Crippen LogP contribution in [0.2, 0.25) is 0 Å². The van der Waals surface area contributed by atoms with E-state index in [0.717, 1.165) is 23.5 Å². The van der Waals surface area contributed by atoms with Crippen LogP contribution in [0.15, 0.2) is 48.8 Å². The zero-order chi connectivity index (χ0) is 17.8. The molecule has 0 N–H and O–H groups in total. The quantitative estimate of drug-likeness (QED) is 0.649. The summed E-state index contributed by atoms with van der Waals surface area (Å²) in [5, 5.41) is 8.08. The van der Waals surface area contributed by atoms with Crippen LogP contribution in [0.1, 0.15) is 46.0 Å². The Kier molecular flexibility index (Phi) is 5.03. The van der Waals surface area contributed by atoms with E-state index >= 15 is 0 Å². The van der Waals surface area contributed by atoms with Crippen molar-refractivity contribution in [3.05, 3.63) is 77.1 Å². The largest absolute Gasteiger partial charge is 0.321 e. The van der Waals surface area contributed by atoms with Gasteiger partial charge in [0.15, 0.2) is 5.78 Å². The van der Waals surface area contributed by atoms with Crippen LogP contribution >= 0.6 is 0 Å². The highest BCUT2D eigenvalue weighted by molar-refractivity contribution is 5.95. The number of aryl methyl sites for hydroxylation is 2. The lowest BCUT2D eigenvalue weighted by Crippen LogP contribution is -2.08. The highest BCUT2D eigenvalue weighted by atomic mass is 16.1. The number of carbonyl (C=O) groups excluding carboxylic acids is 1. The first-order valence-corrected chi connectivity index (χ1v) is 8.41. The average molecular weight is 334 g/mol. The van der Waals surface area contributed by atoms with Crippen molar-refractivity contribution in [1.29, 1.82) is 0 Å². The zero-order valence-electron chi connectivity index (χ0n) is 14.8. The molecular formula is C20H22N4O. The summed E-state index contributed by atoms with van der Waals surface area (Å²) in [5.41, 5.74) is 3.59. The van der Waals surface area contributed by atoms with Crippen LogP contribution in [-0.4, -0.2) is 25.5 Å². The van der Waals surface area contributed by atoms with Crippen molar-refractivity contribution in [2.45, 2.75) is 32.6 Å². The van der Waals surface area contributed by atoms with Crippen LogP contribution in [0.4, 0.5) is 0 Å². The van der Waals surface area contributed by atoms with E-state index in [4.69, 9.17) is 0 Å². The summed E-state index contributed by atoms with van der Waals surface area (Å²) in [5.74, 6) is 1.30. The van der Waals surface area contributed by atoms with Gasteiger partial charge in [-0.15, -0.1) is 10.2 Å². The van der Waals surface area contributed by atoms with E-state index in [-0.39, 0.29) is 5.78 Å². The number of ketones is 1. The van der Waals surface area contributed by atoms with E-state index in [0.29, 0.717) is 18.0 Å². The SMILES string of the molecule is Cc1cccc(C(=O)Cc2cccc([C@@H](C)Cc3nncn3C)c2)n1. The van der Waals surface area contributed by atoms with E-state index in [1.807, 2.05) is 42.8 Å². The third-order valence-electron chi connectivity index (χ3n) is 4.35. The number of hydrogen-bond acceptors (Lipinski definition) is 4. The lowest BCUT2D eigenvalue weighted by atomic mass is 9.94. The predicted octanol–water partition coefficient (Wildman–Crippen LogP) is 3.29. The smallest absolute Gasteiger partial charge is 0.185 e. The fraction of sp³-hybridized carbons (Fsp3) is 0.300. The van der Waals surface area contributed by atoms with Gasteiger partial charge in [0.05, 0.1) is 0 Å². The summed E-state index contributed by atoms with van der Waals surface area (Å²) in [6.45, 7) is 4.06. The summed E-state index contributed by atoms with van der Waals surface area (Å²) >= 11 is 0. The third-order valence-corrected chi connectivity index (χ3v) is 4.35. The Bertz CT molecular complexity index is 885. The fourth-order valence-electron chi connectivity index (χ4n) is 2.87. The van der Waals surface area contributed by atoms with Crippen LogP contribution in [0.3, 0.4) is 0 Å². The number of aromatic nitrogens is 4. The number of nitrogens with zero attached hydrogens (tertiary/aromatic N) is 4. The normalized spacial score (nSPS) is 12.1. The molecule has 1 atom stereocenters. The molecule has 0 aliphatic carbocycles. The molecule has 5 heteroatoms. The molecule has 2 aromatic heterocycles. The molecule has 0 bridgehead atoms. The summed E-state index contributed by atoms with van der Waals surface area (Å²) < 4.78 is 1.94. The predicted molar refractivity (Wildman–Crippen MR) is 96.6 cm³/mol. The average Bonchev–Trinajstić information content (AvgIpc) is 3.00. The highest BCUT2D eigenvalue weighted by Gasteiger charge is 2.13. The monoisotopic (exact) mass is 334 g/mol. The van der Waals surface area contributed by atoms with E-state index in [9.17, 15) is 4.79 Å². The molecule has 0 saturated carbocycles. The van der Waals surface area contributed by atoms with Crippen molar-refractivity contribution in [3.8, 4) is 0 Å². The minimum Gasteiger partial charge on any atom is -0.321 e. The Morgan fingerprint density at radius 3 is 2.72 bits per heavy atom. The van der Waals surface area contributed by atoms with Gasteiger partial charge >= 0.3 is 0 Å². The van der Waals surface area contributed by atoms with Gasteiger partial charge in [-0.05, 0) is 36.1 Å². The second kappa shape index (κ2) is 7.38. The number of carbonyl (C=O) groups is 1. The van der Waals surface area contributed by atoms with Gasteiger partial charge in [-0.1, -0.05) is 37.3 Å². The Hall–Kier alpha value is -2.82. The van der Waals surface area contributed by atoms with Crippen LogP contribution in [-0.2, 0) is 19.9 Å². The molecule has 3 aromatic rings. The number of pyridine rings is 1. The van der Waals surface area contributed by atoms with Crippen molar-refractivity contribution in [2.75, 3.05) is 0 Å². The molecule has 0 aliphatic heterocycles. The first kappa shape index (κ1) is 17.0. The molecule has 0 aliphatic rings. The molecule has 0 radical (unpaired) electrons. The third kappa shape index (κ3) is 4.18. The van der Waals surface area contributed by atoms with Gasteiger partial charge in [0.2, 0.25) is 0 Å². The minimum atomic E-state index is 0.0433. The zero-order valence-corrected chi connectivity index (χ0v) is 14.8. The maximum atomic E-state index is 12.5. The minimum absolute atomic E-state index is 0.0433. The summed E-state index contributed by atoms with van der Waals surface area (Å²) in [6.07, 6.45) is 2.89. The Morgan fingerprint density at radius 1 is 1.20 bits per heavy atom. The van der Waals surface area contributed by atoms with Crippen LogP contribution in [0.25, 0.3) is 0 Å². The van der Waals surface area contributed by atoms with Crippen molar-refractivity contribution >= 4 is 5.78 Å². The Balaban J connectivity index is 1.73. The van der Waals surface area contributed by atoms with Crippen molar-refractivity contribution < 1.29 is 4.79 Å². The maximum Gasteiger partial charge on any atom is 0.185 e. The van der Waals surface area contributed by atoms with Gasteiger partial charge in [0.25, 0.3) is 0 Å². The van der Waals surface area contributed by atoms with Gasteiger partial charge in [0, 0.05) is 25.6 Å². The van der Waals surface area contributed by atoms with Crippen molar-refractivity contribution in [3.63, 3.8) is 0 Å². The molecule has 0 saturated heterocycles. The molecule has 2 heterocycles. The molecule has 128 valence electrons. The molecule has 3 rings (SSSR count). The molecule has 0 fully saturated rings. The molecule has 25 heavy (non-hydrogen) atoms. The molecule has 0 unspecified atom stereocenters. The Morgan fingerprint density at radius 2 is 2.00 bits per heavy atom. The van der Waals surface area contributed by atoms with Crippen molar-refractivity contribution in [1.82, 2.24) is 19.7 Å². The highest BCUT2D eigenvalue weighted by Crippen LogP contribution is 2.21. The van der Waals surface area contributed by atoms with Crippen LogP contribution in [0.5, 0.6) is 0 Å². The van der Waals surface area contributed by atoms with E-state index < -0.39 is 0 Å². The molecular weight excluding hydrogens is 312 g/mol. The molecule has 1 aromatic carbocycles. The first-order chi connectivity index (χ1) is 12.0. The van der Waals surface area contributed by atoms with Crippen molar-refractivity contribution in [2.24, 2.45) is 7.05 Å². The standard InChI is InChI=1S/C20H22N4O/c1-14(10-20-23-21-13-24(20)3)17-8-5-7-16(11-17)12-19(25)18-9-4-6-15(2)22-18/h4-9,11,13-14H,10,12H2,1-3H3/t14-/m0/s1. The molecule has 5 nitrogen and oxygen atoms in total. The van der Waals surface area contributed by atoms with E-state index in [2.05, 4.69) is 34.2 Å². The van der Waals surface area contributed by atoms with Gasteiger partial charge in [-0.2, -0.15) is 0 Å². The second-order valence-corrected chi connectivity index (χ2v) is 6.47. The molecule has 0 amide bonds. The number of rotatable bonds is 6. The van der Waals surface area contributed by atoms with Crippen LogP contribution in [0, 0.1) is 6.92 Å². The van der Waals surface area contributed by atoms with E-state index in [1.54, 1.807) is 12.4 Å². The lowest BCUT2D eigenvalue weighted by molar-refractivity contribution is 0.0988. The summed E-state index contributed by atoms with van der Waals surface area (Å²) in [4.78, 5) is 16.8. The number of hydrogen-bond donors (Lipinski definition) is 0. The van der Waals surface area contributed by atoms with Gasteiger partial charge in [0.1, 0.15) is 17.8 Å². The van der Waals surface area contributed by atoms with Gasteiger partial charge in [-0.3, -0.25) is 9.78 Å².